The van der Waals surface area contributed by atoms with E-state index in [0.717, 1.165) is 30.5 Å². The Morgan fingerprint density at radius 1 is 1.16 bits per heavy atom. The van der Waals surface area contributed by atoms with Gasteiger partial charge in [0.05, 0.1) is 12.2 Å². The maximum absolute atomic E-state index is 12.8. The summed E-state index contributed by atoms with van der Waals surface area (Å²) in [4.78, 5) is 18.4. The second-order valence-electron chi connectivity index (χ2n) is 8.55. The lowest BCUT2D eigenvalue weighted by Crippen LogP contribution is -2.38. The van der Waals surface area contributed by atoms with Gasteiger partial charge in [-0.25, -0.2) is 9.78 Å². The molecule has 0 radical (unpaired) electrons. The van der Waals surface area contributed by atoms with Gasteiger partial charge in [0.15, 0.2) is 5.58 Å². The summed E-state index contributed by atoms with van der Waals surface area (Å²) in [5.74, 6) is 0.881. The number of piperidine rings is 1. The molecule has 1 saturated heterocycles. The first-order valence-corrected chi connectivity index (χ1v) is 10.7. The third-order valence-corrected chi connectivity index (χ3v) is 5.64. The van der Waals surface area contributed by atoms with E-state index < -0.39 is 11.7 Å². The molecule has 0 N–H and O–H groups in total. The SMILES string of the molecule is CC(C)COC(=O)N1CCC(c2ccc3oc(-c4ccc(C(F)(F)F)cc4)nc3c2)CC1. The van der Waals surface area contributed by atoms with Crippen molar-refractivity contribution in [2.45, 2.75) is 38.8 Å². The van der Waals surface area contributed by atoms with E-state index in [-0.39, 0.29) is 12.0 Å². The molecule has 0 atom stereocenters. The largest absolute Gasteiger partial charge is 0.449 e. The van der Waals surface area contributed by atoms with E-state index in [1.807, 2.05) is 32.0 Å². The highest BCUT2D eigenvalue weighted by atomic mass is 19.4. The van der Waals surface area contributed by atoms with Crippen LogP contribution in [0.5, 0.6) is 0 Å². The van der Waals surface area contributed by atoms with Crippen LogP contribution in [0.2, 0.25) is 0 Å². The quantitative estimate of drug-likeness (QED) is 0.460. The Labute approximate surface area is 184 Å². The Bertz CT molecular complexity index is 1080. The number of amides is 1. The monoisotopic (exact) mass is 446 g/mol. The highest BCUT2D eigenvalue weighted by Gasteiger charge is 2.30. The normalized spacial score (nSPS) is 15.5. The molecule has 5 nitrogen and oxygen atoms in total. The summed E-state index contributed by atoms with van der Waals surface area (Å²) in [6.45, 7) is 5.69. The van der Waals surface area contributed by atoms with Crippen LogP contribution in [0.25, 0.3) is 22.6 Å². The zero-order valence-corrected chi connectivity index (χ0v) is 18.0. The number of halogens is 3. The van der Waals surface area contributed by atoms with E-state index >= 15 is 0 Å². The molecule has 2 aromatic carbocycles. The van der Waals surface area contributed by atoms with Crippen LogP contribution in [0.4, 0.5) is 18.0 Å². The Morgan fingerprint density at radius 2 is 1.84 bits per heavy atom. The molecule has 0 spiro atoms. The van der Waals surface area contributed by atoms with E-state index in [0.29, 0.717) is 48.2 Å². The van der Waals surface area contributed by atoms with E-state index in [1.165, 1.54) is 12.1 Å². The van der Waals surface area contributed by atoms with Crippen LogP contribution in [0.15, 0.2) is 46.9 Å². The van der Waals surface area contributed by atoms with E-state index in [4.69, 9.17) is 9.15 Å². The molecule has 0 bridgehead atoms. The molecule has 1 aromatic heterocycles. The van der Waals surface area contributed by atoms with Crippen molar-refractivity contribution < 1.29 is 27.1 Å². The molecule has 3 aromatic rings. The van der Waals surface area contributed by atoms with Crippen molar-refractivity contribution in [3.05, 3.63) is 53.6 Å². The molecular weight excluding hydrogens is 421 g/mol. The molecule has 1 aliphatic heterocycles. The molecule has 0 aliphatic carbocycles. The summed E-state index contributed by atoms with van der Waals surface area (Å²) in [5, 5.41) is 0. The molecule has 8 heteroatoms. The minimum Gasteiger partial charge on any atom is -0.449 e. The molecule has 170 valence electrons. The number of nitrogens with zero attached hydrogens (tertiary/aromatic N) is 2. The van der Waals surface area contributed by atoms with Crippen molar-refractivity contribution >= 4 is 17.2 Å². The van der Waals surface area contributed by atoms with Crippen molar-refractivity contribution in [2.24, 2.45) is 5.92 Å². The minimum atomic E-state index is -4.38. The van der Waals surface area contributed by atoms with Crippen molar-refractivity contribution in [3.63, 3.8) is 0 Å². The Morgan fingerprint density at radius 3 is 2.47 bits per heavy atom. The van der Waals surface area contributed by atoms with Crippen LogP contribution in [0.3, 0.4) is 0 Å². The van der Waals surface area contributed by atoms with Crippen LogP contribution >= 0.6 is 0 Å². The Hall–Kier alpha value is -3.03. The van der Waals surface area contributed by atoms with E-state index in [1.54, 1.807) is 4.90 Å². The number of likely N-dealkylation sites (tertiary alicyclic amines) is 1. The Balaban J connectivity index is 1.44. The second-order valence-corrected chi connectivity index (χ2v) is 8.55. The van der Waals surface area contributed by atoms with Gasteiger partial charge < -0.3 is 14.1 Å². The van der Waals surface area contributed by atoms with Crippen LogP contribution < -0.4 is 0 Å². The number of carbonyl (C=O) groups is 1. The third-order valence-electron chi connectivity index (χ3n) is 5.64. The van der Waals surface area contributed by atoms with Gasteiger partial charge in [0.2, 0.25) is 5.89 Å². The number of hydrogen-bond donors (Lipinski definition) is 0. The molecule has 1 aliphatic rings. The summed E-state index contributed by atoms with van der Waals surface area (Å²) >= 11 is 0. The van der Waals surface area contributed by atoms with Gasteiger partial charge in [-0.3, -0.25) is 0 Å². The number of rotatable bonds is 4. The summed E-state index contributed by atoms with van der Waals surface area (Å²) < 4.78 is 49.4. The summed E-state index contributed by atoms with van der Waals surface area (Å²) in [6.07, 6.45) is -2.99. The molecule has 1 fully saturated rings. The van der Waals surface area contributed by atoms with E-state index in [2.05, 4.69) is 4.98 Å². The number of aromatic nitrogens is 1. The summed E-state index contributed by atoms with van der Waals surface area (Å²) in [7, 11) is 0. The summed E-state index contributed by atoms with van der Waals surface area (Å²) in [6, 6.07) is 10.6. The van der Waals surface area contributed by atoms with Gasteiger partial charge in [-0.15, -0.1) is 0 Å². The van der Waals surface area contributed by atoms with Gasteiger partial charge in [-0.2, -0.15) is 13.2 Å². The average molecular weight is 446 g/mol. The lowest BCUT2D eigenvalue weighted by atomic mass is 9.89. The molecule has 1 amide bonds. The number of fused-ring (bicyclic) bond motifs is 1. The van der Waals surface area contributed by atoms with Crippen LogP contribution in [-0.4, -0.2) is 35.7 Å². The zero-order valence-electron chi connectivity index (χ0n) is 18.0. The van der Waals surface area contributed by atoms with Crippen LogP contribution in [0, 0.1) is 5.92 Å². The molecule has 32 heavy (non-hydrogen) atoms. The van der Waals surface area contributed by atoms with Crippen molar-refractivity contribution in [2.75, 3.05) is 19.7 Å². The number of oxazole rings is 1. The van der Waals surface area contributed by atoms with Gasteiger partial charge >= 0.3 is 12.3 Å². The molecule has 4 rings (SSSR count). The highest BCUT2D eigenvalue weighted by Crippen LogP contribution is 2.34. The van der Waals surface area contributed by atoms with Gasteiger partial charge in [0.25, 0.3) is 0 Å². The zero-order chi connectivity index (χ0) is 22.9. The topological polar surface area (TPSA) is 55.6 Å². The lowest BCUT2D eigenvalue weighted by molar-refractivity contribution is -0.137. The first-order chi connectivity index (χ1) is 15.2. The first-order valence-electron chi connectivity index (χ1n) is 10.7. The van der Waals surface area contributed by atoms with Gasteiger partial charge in [0, 0.05) is 18.7 Å². The number of benzene rings is 2. The predicted octanol–water partition coefficient (Wildman–Crippen LogP) is 6.49. The van der Waals surface area contributed by atoms with Crippen LogP contribution in [-0.2, 0) is 10.9 Å². The third kappa shape index (κ3) is 4.89. The number of ether oxygens (including phenoxy) is 1. The van der Waals surface area contributed by atoms with E-state index in [9.17, 15) is 18.0 Å². The average Bonchev–Trinajstić information content (AvgIpc) is 3.20. The van der Waals surface area contributed by atoms with Crippen LogP contribution in [0.1, 0.15) is 43.7 Å². The Kier molecular flexibility index (Phi) is 6.13. The first kappa shape index (κ1) is 22.2. The van der Waals surface area contributed by atoms with Gasteiger partial charge in [-0.05, 0) is 66.6 Å². The summed E-state index contributed by atoms with van der Waals surface area (Å²) in [5.41, 5.74) is 2.14. The smallest absolute Gasteiger partial charge is 0.416 e. The fourth-order valence-electron chi connectivity index (χ4n) is 3.85. The fourth-order valence-corrected chi connectivity index (χ4v) is 3.85. The van der Waals surface area contributed by atoms with Gasteiger partial charge in [0.1, 0.15) is 5.52 Å². The predicted molar refractivity (Wildman–Crippen MR) is 114 cm³/mol. The van der Waals surface area contributed by atoms with Gasteiger partial charge in [-0.1, -0.05) is 19.9 Å². The maximum atomic E-state index is 12.8. The maximum Gasteiger partial charge on any atom is 0.416 e. The highest BCUT2D eigenvalue weighted by molar-refractivity contribution is 5.77. The molecule has 2 heterocycles. The molecule has 0 unspecified atom stereocenters. The fraction of sp³-hybridized carbons (Fsp3) is 0.417. The minimum absolute atomic E-state index is 0.259. The molecule has 0 saturated carbocycles. The molecular formula is C24H25F3N2O3. The standard InChI is InChI=1S/C24H25F3N2O3/c1-15(2)14-31-23(30)29-11-9-16(10-12-29)18-5-8-21-20(13-18)28-22(32-21)17-3-6-19(7-4-17)24(25,26)27/h3-8,13,15-16H,9-12,14H2,1-2H3. The number of hydrogen-bond acceptors (Lipinski definition) is 4. The number of alkyl halides is 3. The lowest BCUT2D eigenvalue weighted by Gasteiger charge is -2.31. The van der Waals surface area contributed by atoms with Crippen molar-refractivity contribution in [1.82, 2.24) is 9.88 Å². The van der Waals surface area contributed by atoms with Crippen molar-refractivity contribution in [3.8, 4) is 11.5 Å². The number of carbonyl (C=O) groups excluding carboxylic acids is 1. The van der Waals surface area contributed by atoms with Crippen molar-refractivity contribution in [1.29, 1.82) is 0 Å². The second kappa shape index (κ2) is 8.84.